The predicted molar refractivity (Wildman–Crippen MR) is 58.0 cm³/mol. The Balaban J connectivity index is 1.91. The van der Waals surface area contributed by atoms with Crippen LogP contribution >= 0.6 is 11.6 Å². The summed E-state index contributed by atoms with van der Waals surface area (Å²) < 4.78 is 0. The second kappa shape index (κ2) is 4.04. The molecule has 74 valence electrons. The molecule has 0 spiro atoms. The fraction of sp³-hybridized carbons (Fsp3) is 0.833. The fourth-order valence-electron chi connectivity index (χ4n) is 2.82. The van der Waals surface area contributed by atoms with Crippen LogP contribution < -0.4 is 0 Å². The summed E-state index contributed by atoms with van der Waals surface area (Å²) in [4.78, 5) is 0. The normalized spacial score (nSPS) is 39.4. The molecule has 4 unspecified atom stereocenters. The van der Waals surface area contributed by atoms with E-state index in [0.717, 1.165) is 24.2 Å². The van der Waals surface area contributed by atoms with Crippen LogP contribution in [0.3, 0.4) is 0 Å². The van der Waals surface area contributed by atoms with E-state index in [1.165, 1.54) is 25.7 Å². The first-order valence-electron chi connectivity index (χ1n) is 5.62. The van der Waals surface area contributed by atoms with Gasteiger partial charge in [-0.1, -0.05) is 19.1 Å². The summed E-state index contributed by atoms with van der Waals surface area (Å²) in [5, 5.41) is 0.415. The molecule has 0 aliphatic heterocycles. The second-order valence-electron chi connectivity index (χ2n) is 4.62. The first-order chi connectivity index (χ1) is 6.29. The highest BCUT2D eigenvalue weighted by atomic mass is 35.5. The van der Waals surface area contributed by atoms with Gasteiger partial charge in [0.25, 0.3) is 0 Å². The summed E-state index contributed by atoms with van der Waals surface area (Å²) in [6.45, 7) is 2.19. The molecule has 0 radical (unpaired) electrons. The number of fused-ring (bicyclic) bond motifs is 2. The molecule has 0 amide bonds. The topological polar surface area (TPSA) is 0 Å². The van der Waals surface area contributed by atoms with Gasteiger partial charge in [0.05, 0.1) is 0 Å². The standard InChI is InChI=1S/C12H19Cl/c1-2-12(13)8-11-7-9-3-5-10(11)6-4-9/h3,5,9-12H,2,4,6-8H2,1H3. The quantitative estimate of drug-likeness (QED) is 0.475. The van der Waals surface area contributed by atoms with E-state index in [4.69, 9.17) is 11.6 Å². The van der Waals surface area contributed by atoms with Gasteiger partial charge >= 0.3 is 0 Å². The minimum Gasteiger partial charge on any atom is -0.123 e. The number of allylic oxidation sites excluding steroid dienone is 2. The van der Waals surface area contributed by atoms with Crippen molar-refractivity contribution in [2.24, 2.45) is 17.8 Å². The summed E-state index contributed by atoms with van der Waals surface area (Å²) in [5.41, 5.74) is 0. The molecule has 2 bridgehead atoms. The predicted octanol–water partition coefficient (Wildman–Crippen LogP) is 4.00. The monoisotopic (exact) mass is 198 g/mol. The third kappa shape index (κ3) is 2.10. The van der Waals surface area contributed by atoms with Crippen LogP contribution in [0.25, 0.3) is 0 Å². The highest BCUT2D eigenvalue weighted by molar-refractivity contribution is 6.20. The first kappa shape index (κ1) is 9.58. The molecule has 0 N–H and O–H groups in total. The molecular formula is C12H19Cl. The van der Waals surface area contributed by atoms with Crippen molar-refractivity contribution in [1.29, 1.82) is 0 Å². The smallest absolute Gasteiger partial charge is 0.0336 e. The van der Waals surface area contributed by atoms with Crippen LogP contribution in [0.5, 0.6) is 0 Å². The molecule has 0 aromatic heterocycles. The number of rotatable bonds is 3. The molecule has 1 fully saturated rings. The minimum atomic E-state index is 0.415. The van der Waals surface area contributed by atoms with Gasteiger partial charge in [-0.2, -0.15) is 0 Å². The van der Waals surface area contributed by atoms with E-state index in [9.17, 15) is 0 Å². The number of halogens is 1. The largest absolute Gasteiger partial charge is 0.123 e. The Labute approximate surface area is 86.4 Å². The zero-order chi connectivity index (χ0) is 9.26. The van der Waals surface area contributed by atoms with Crippen molar-refractivity contribution in [1.82, 2.24) is 0 Å². The summed E-state index contributed by atoms with van der Waals surface area (Å²) in [6.07, 6.45) is 11.5. The minimum absolute atomic E-state index is 0.415. The SMILES string of the molecule is CCC(Cl)CC1CC2C=CC1CC2. The fourth-order valence-corrected chi connectivity index (χ4v) is 3.05. The van der Waals surface area contributed by atoms with E-state index in [1.54, 1.807) is 0 Å². The van der Waals surface area contributed by atoms with Crippen molar-refractivity contribution < 1.29 is 0 Å². The van der Waals surface area contributed by atoms with Crippen LogP contribution in [0.1, 0.15) is 39.0 Å². The van der Waals surface area contributed by atoms with Gasteiger partial charge in [0.2, 0.25) is 0 Å². The second-order valence-corrected chi connectivity index (χ2v) is 5.24. The Morgan fingerprint density at radius 1 is 1.38 bits per heavy atom. The molecule has 4 atom stereocenters. The van der Waals surface area contributed by atoms with Gasteiger partial charge in [-0.3, -0.25) is 0 Å². The Kier molecular flexibility index (Phi) is 2.98. The lowest BCUT2D eigenvalue weighted by Crippen LogP contribution is -2.28. The van der Waals surface area contributed by atoms with Crippen LogP contribution in [-0.2, 0) is 0 Å². The van der Waals surface area contributed by atoms with E-state index < -0.39 is 0 Å². The zero-order valence-electron chi connectivity index (χ0n) is 8.38. The molecule has 0 saturated heterocycles. The molecule has 1 heteroatoms. The van der Waals surface area contributed by atoms with Crippen LogP contribution in [0.15, 0.2) is 12.2 Å². The molecule has 0 heterocycles. The molecule has 0 aromatic rings. The lowest BCUT2D eigenvalue weighted by atomic mass is 9.67. The molecule has 0 nitrogen and oxygen atoms in total. The molecule has 3 aliphatic rings. The van der Waals surface area contributed by atoms with Crippen molar-refractivity contribution in [2.45, 2.75) is 44.4 Å². The highest BCUT2D eigenvalue weighted by Crippen LogP contribution is 2.42. The lowest BCUT2D eigenvalue weighted by molar-refractivity contribution is 0.207. The maximum atomic E-state index is 6.21. The van der Waals surface area contributed by atoms with E-state index in [2.05, 4.69) is 19.1 Å². The van der Waals surface area contributed by atoms with Gasteiger partial charge < -0.3 is 0 Å². The van der Waals surface area contributed by atoms with Gasteiger partial charge in [-0.05, 0) is 49.9 Å². The average molecular weight is 199 g/mol. The van der Waals surface area contributed by atoms with E-state index >= 15 is 0 Å². The van der Waals surface area contributed by atoms with Crippen molar-refractivity contribution in [3.8, 4) is 0 Å². The van der Waals surface area contributed by atoms with E-state index in [0.29, 0.717) is 5.38 Å². The third-order valence-electron chi connectivity index (χ3n) is 3.71. The Hall–Kier alpha value is 0.0300. The van der Waals surface area contributed by atoms with Gasteiger partial charge in [-0.25, -0.2) is 0 Å². The van der Waals surface area contributed by atoms with Gasteiger partial charge in [0, 0.05) is 5.38 Å². The summed E-state index contributed by atoms with van der Waals surface area (Å²) in [5.74, 6) is 2.64. The van der Waals surface area contributed by atoms with Crippen LogP contribution in [0.4, 0.5) is 0 Å². The molecule has 3 rings (SSSR count). The molecular weight excluding hydrogens is 180 g/mol. The zero-order valence-corrected chi connectivity index (χ0v) is 9.13. The number of hydrogen-bond acceptors (Lipinski definition) is 0. The first-order valence-corrected chi connectivity index (χ1v) is 6.05. The van der Waals surface area contributed by atoms with E-state index in [1.807, 2.05) is 0 Å². The number of alkyl halides is 1. The Bertz CT molecular complexity index is 197. The van der Waals surface area contributed by atoms with Crippen LogP contribution in [-0.4, -0.2) is 5.38 Å². The van der Waals surface area contributed by atoms with Crippen LogP contribution in [0, 0.1) is 17.8 Å². The van der Waals surface area contributed by atoms with Crippen molar-refractivity contribution in [2.75, 3.05) is 0 Å². The summed E-state index contributed by atoms with van der Waals surface area (Å²) in [7, 11) is 0. The summed E-state index contributed by atoms with van der Waals surface area (Å²) in [6, 6.07) is 0. The Morgan fingerprint density at radius 3 is 2.69 bits per heavy atom. The Morgan fingerprint density at radius 2 is 2.23 bits per heavy atom. The van der Waals surface area contributed by atoms with Crippen molar-refractivity contribution in [3.05, 3.63) is 12.2 Å². The molecule has 1 saturated carbocycles. The van der Waals surface area contributed by atoms with E-state index in [-0.39, 0.29) is 0 Å². The van der Waals surface area contributed by atoms with Gasteiger partial charge in [0.15, 0.2) is 0 Å². The van der Waals surface area contributed by atoms with Crippen LogP contribution in [0.2, 0.25) is 0 Å². The van der Waals surface area contributed by atoms with Gasteiger partial charge in [0.1, 0.15) is 0 Å². The summed E-state index contributed by atoms with van der Waals surface area (Å²) >= 11 is 6.21. The van der Waals surface area contributed by atoms with Crippen molar-refractivity contribution >= 4 is 11.6 Å². The maximum Gasteiger partial charge on any atom is 0.0336 e. The van der Waals surface area contributed by atoms with Gasteiger partial charge in [-0.15, -0.1) is 11.6 Å². The highest BCUT2D eigenvalue weighted by Gasteiger charge is 2.32. The average Bonchev–Trinajstić information content (AvgIpc) is 2.19. The molecule has 3 aliphatic carbocycles. The molecule has 0 aromatic carbocycles. The lowest BCUT2D eigenvalue weighted by Gasteiger charge is -2.38. The number of hydrogen-bond donors (Lipinski definition) is 0. The third-order valence-corrected chi connectivity index (χ3v) is 4.20. The molecule has 13 heavy (non-hydrogen) atoms. The van der Waals surface area contributed by atoms with Crippen molar-refractivity contribution in [3.63, 3.8) is 0 Å². The maximum absolute atomic E-state index is 6.21.